The van der Waals surface area contributed by atoms with Gasteiger partial charge in [-0.25, -0.2) is 26.3 Å². The maximum absolute atomic E-state index is 14.1. The summed E-state index contributed by atoms with van der Waals surface area (Å²) < 4.78 is 162. The van der Waals surface area contributed by atoms with E-state index in [-0.39, 0.29) is 70.8 Å². The largest absolute Gasteiger partial charge is 0.419 e. The van der Waals surface area contributed by atoms with E-state index in [9.17, 15) is 63.1 Å². The third-order valence-electron chi connectivity index (χ3n) is 9.08. The molecule has 12 nitrogen and oxygen atoms in total. The number of fused-ring (bicyclic) bond motifs is 2. The summed E-state index contributed by atoms with van der Waals surface area (Å²) in [5.74, 6) is -26.8. The molecule has 0 aliphatic carbocycles. The Bertz CT molecular complexity index is 2340. The minimum absolute atomic E-state index is 0.0514. The lowest BCUT2D eigenvalue weighted by molar-refractivity contribution is -0.140. The maximum atomic E-state index is 14.1. The van der Waals surface area contributed by atoms with Crippen LogP contribution in [0.2, 0.25) is 0 Å². The van der Waals surface area contributed by atoms with E-state index in [1.807, 2.05) is 36.4 Å². The number of halogens is 10. The molecular formula is C43H35F10N3O9. The van der Waals surface area contributed by atoms with Crippen LogP contribution in [0.3, 0.4) is 0 Å². The van der Waals surface area contributed by atoms with E-state index >= 15 is 0 Å². The van der Waals surface area contributed by atoms with Crippen LogP contribution in [0.15, 0.2) is 48.5 Å². The highest BCUT2D eigenvalue weighted by atomic mass is 19.2. The number of esters is 2. The minimum Gasteiger partial charge on any atom is -0.419 e. The fourth-order valence-electron chi connectivity index (χ4n) is 5.87. The van der Waals surface area contributed by atoms with Crippen molar-refractivity contribution in [2.45, 2.75) is 19.4 Å². The number of carbonyl (C=O) groups excluding carboxylic acids is 4. The second-order valence-electron chi connectivity index (χ2n) is 13.5. The van der Waals surface area contributed by atoms with Crippen LogP contribution >= 0.6 is 0 Å². The van der Waals surface area contributed by atoms with Gasteiger partial charge in [0.2, 0.25) is 81.5 Å². The van der Waals surface area contributed by atoms with Crippen LogP contribution in [0.4, 0.5) is 49.6 Å². The summed E-state index contributed by atoms with van der Waals surface area (Å²) in [6.07, 6.45) is -0.129. The molecule has 4 aromatic carbocycles. The van der Waals surface area contributed by atoms with Crippen LogP contribution in [0.1, 0.15) is 29.5 Å². The van der Waals surface area contributed by atoms with Gasteiger partial charge in [0.1, 0.15) is 0 Å². The number of hydrogen-bond donors (Lipinski definition) is 1. The van der Waals surface area contributed by atoms with Crippen molar-refractivity contribution in [2.24, 2.45) is 0 Å². The first-order valence-corrected chi connectivity index (χ1v) is 19.2. The summed E-state index contributed by atoms with van der Waals surface area (Å²) in [6, 6.07) is 14.7. The lowest BCUT2D eigenvalue weighted by Crippen LogP contribution is -2.40. The van der Waals surface area contributed by atoms with Crippen molar-refractivity contribution in [2.75, 3.05) is 70.7 Å². The molecule has 5 rings (SSSR count). The van der Waals surface area contributed by atoms with Crippen molar-refractivity contribution >= 4 is 29.4 Å². The zero-order valence-electron chi connectivity index (χ0n) is 33.7. The molecule has 0 atom stereocenters. The molecule has 346 valence electrons. The molecular weight excluding hydrogens is 892 g/mol. The number of rotatable bonds is 21. The van der Waals surface area contributed by atoms with Gasteiger partial charge in [-0.05, 0) is 23.8 Å². The van der Waals surface area contributed by atoms with E-state index in [2.05, 4.69) is 26.6 Å². The van der Waals surface area contributed by atoms with Crippen molar-refractivity contribution in [1.82, 2.24) is 10.2 Å². The highest BCUT2D eigenvalue weighted by molar-refractivity contribution is 5.97. The van der Waals surface area contributed by atoms with E-state index in [0.29, 0.717) is 16.2 Å². The Labute approximate surface area is 362 Å². The second-order valence-corrected chi connectivity index (χ2v) is 13.5. The van der Waals surface area contributed by atoms with Gasteiger partial charge in [-0.2, -0.15) is 17.6 Å². The van der Waals surface area contributed by atoms with Gasteiger partial charge in [-0.3, -0.25) is 24.1 Å². The molecule has 0 saturated carbocycles. The summed E-state index contributed by atoms with van der Waals surface area (Å²) >= 11 is 0. The van der Waals surface area contributed by atoms with Crippen molar-refractivity contribution in [3.63, 3.8) is 0 Å². The average molecular weight is 928 g/mol. The third-order valence-corrected chi connectivity index (χ3v) is 9.08. The molecule has 0 saturated heterocycles. The van der Waals surface area contributed by atoms with Gasteiger partial charge in [0.15, 0.2) is 0 Å². The number of ether oxygens (including phenoxy) is 5. The normalized spacial score (nSPS) is 11.8. The number of amides is 2. The van der Waals surface area contributed by atoms with Crippen molar-refractivity contribution in [3.8, 4) is 23.3 Å². The van der Waals surface area contributed by atoms with E-state index in [4.69, 9.17) is 14.2 Å². The number of nitrogens with zero attached hydrogens (tertiary/aromatic N) is 2. The monoisotopic (exact) mass is 927 g/mol. The molecule has 1 aliphatic heterocycles. The van der Waals surface area contributed by atoms with Gasteiger partial charge in [0, 0.05) is 37.1 Å². The number of anilines is 1. The summed E-state index contributed by atoms with van der Waals surface area (Å²) in [7, 11) is 0. The molecule has 0 radical (unpaired) electrons. The van der Waals surface area contributed by atoms with Gasteiger partial charge in [0.25, 0.3) is 0 Å². The summed E-state index contributed by atoms with van der Waals surface area (Å²) in [5.41, 5.74) is 3.01. The van der Waals surface area contributed by atoms with Crippen LogP contribution in [-0.4, -0.2) is 94.5 Å². The van der Waals surface area contributed by atoms with Crippen LogP contribution in [0.25, 0.3) is 0 Å². The molecule has 0 fully saturated rings. The smallest absolute Gasteiger partial charge is 0.325 e. The topological polar surface area (TPSA) is 133 Å². The molecule has 1 heterocycles. The Morgan fingerprint density at radius 3 is 1.55 bits per heavy atom. The van der Waals surface area contributed by atoms with Gasteiger partial charge in [0.05, 0.1) is 65.0 Å². The Balaban J connectivity index is 1.01. The first-order valence-electron chi connectivity index (χ1n) is 19.2. The van der Waals surface area contributed by atoms with Gasteiger partial charge in [-0.1, -0.05) is 42.2 Å². The molecule has 1 N–H and O–H groups in total. The molecule has 0 aromatic heterocycles. The fourth-order valence-corrected chi connectivity index (χ4v) is 5.87. The Hall–Kier alpha value is -6.54. The van der Waals surface area contributed by atoms with Crippen molar-refractivity contribution < 1.29 is 86.8 Å². The Morgan fingerprint density at radius 2 is 1.00 bits per heavy atom. The van der Waals surface area contributed by atoms with Crippen LogP contribution in [0, 0.1) is 70.0 Å². The van der Waals surface area contributed by atoms with E-state index in [1.54, 1.807) is 17.0 Å². The fraction of sp³-hybridized carbons (Fsp3) is 0.302. The molecule has 2 amide bonds. The third kappa shape index (κ3) is 13.0. The molecule has 65 heavy (non-hydrogen) atoms. The van der Waals surface area contributed by atoms with Gasteiger partial charge in [-0.15, -0.1) is 0 Å². The zero-order chi connectivity index (χ0) is 47.2. The Morgan fingerprint density at radius 1 is 0.554 bits per heavy atom. The lowest BCUT2D eigenvalue weighted by Gasteiger charge is -2.26. The number of hydrogen-bond acceptors (Lipinski definition) is 10. The maximum Gasteiger partial charge on any atom is 0.325 e. The van der Waals surface area contributed by atoms with Gasteiger partial charge < -0.3 is 33.9 Å². The predicted octanol–water partition coefficient (Wildman–Crippen LogP) is 5.78. The van der Waals surface area contributed by atoms with Crippen LogP contribution < -0.4 is 19.7 Å². The first kappa shape index (κ1) is 49.5. The quantitative estimate of drug-likeness (QED) is 0.0209. The SMILES string of the molecule is O=C(CCC(=O)N1Cc2ccccc2C#Cc2ccccc21)NCCOCCOCCOCCN(CC(=O)Oc1c(F)c(F)c(F)c(F)c1F)CC(=O)Oc1c(F)c(F)c(F)c(F)c1F. The summed E-state index contributed by atoms with van der Waals surface area (Å²) in [5, 5.41) is 2.67. The summed E-state index contributed by atoms with van der Waals surface area (Å²) in [4.78, 5) is 53.0. The number of benzene rings is 4. The van der Waals surface area contributed by atoms with E-state index in [1.165, 1.54) is 0 Å². The van der Waals surface area contributed by atoms with Crippen LogP contribution in [-0.2, 0) is 39.9 Å². The molecule has 4 aromatic rings. The molecule has 1 aliphatic rings. The molecule has 0 unspecified atom stereocenters. The zero-order valence-corrected chi connectivity index (χ0v) is 33.7. The molecule has 0 spiro atoms. The second kappa shape index (κ2) is 23.4. The predicted molar refractivity (Wildman–Crippen MR) is 205 cm³/mol. The number of nitrogens with one attached hydrogen (secondary N) is 1. The molecule has 22 heteroatoms. The van der Waals surface area contributed by atoms with Crippen LogP contribution in [0.5, 0.6) is 11.5 Å². The van der Waals surface area contributed by atoms with Crippen molar-refractivity contribution in [3.05, 3.63) is 123 Å². The molecule has 0 bridgehead atoms. The number of para-hydroxylation sites is 1. The van der Waals surface area contributed by atoms with Crippen molar-refractivity contribution in [1.29, 1.82) is 0 Å². The standard InChI is InChI=1S/C43H35F10N3O9/c44-32-34(46)38(50)42(39(51)35(32)47)64-30(59)22-55(23-31(60)65-43-40(52)36(48)33(45)37(49)41(43)53)14-16-62-18-20-63-19-17-61-15-13-54-28(57)11-12-29(58)56-21-26-7-2-1-5-24(26)9-10-25-6-3-4-8-27(25)56/h1-8H,11-23H2,(H,54,57). The average Bonchev–Trinajstić information content (AvgIpc) is 3.29. The Kier molecular flexibility index (Phi) is 17.8. The summed E-state index contributed by atoms with van der Waals surface area (Å²) in [6.45, 7) is -2.88. The highest BCUT2D eigenvalue weighted by Crippen LogP contribution is 2.31. The van der Waals surface area contributed by atoms with E-state index in [0.717, 1.165) is 11.1 Å². The first-order chi connectivity index (χ1) is 31.1. The van der Waals surface area contributed by atoms with E-state index < -0.39 is 108 Å². The number of carbonyl (C=O) groups is 4. The highest BCUT2D eigenvalue weighted by Gasteiger charge is 2.31. The lowest BCUT2D eigenvalue weighted by atomic mass is 10.0. The minimum atomic E-state index is -2.55. The van der Waals surface area contributed by atoms with Gasteiger partial charge >= 0.3 is 11.9 Å².